The second-order valence-electron chi connectivity index (χ2n) is 16.4. The third-order valence-corrected chi connectivity index (χ3v) is 12.1. The molecular weight excluding hydrogens is 824 g/mol. The minimum Gasteiger partial charge on any atom is -0.868 e. The van der Waals surface area contributed by atoms with Crippen molar-refractivity contribution in [3.63, 3.8) is 0 Å². The molecule has 0 unspecified atom stereocenters. The predicted octanol–water partition coefficient (Wildman–Crippen LogP) is 11.6. The fraction of sp³-hybridized carbons (Fsp3) is 0. The molecule has 5 nitrogen and oxygen atoms in total. The van der Waals surface area contributed by atoms with Gasteiger partial charge in [-0.1, -0.05) is 194 Å². The maximum Gasteiger partial charge on any atom is 1.00 e. The maximum absolute atomic E-state index is 11.1. The average Bonchev–Trinajstić information content (AvgIpc) is 3.41. The van der Waals surface area contributed by atoms with Crippen molar-refractivity contribution in [2.24, 2.45) is 0 Å². The van der Waals surface area contributed by atoms with E-state index in [-0.39, 0.29) is 24.6 Å². The Labute approximate surface area is 407 Å². The molecule has 0 fully saturated rings. The Balaban J connectivity index is 0.000000394. The molecule has 0 aliphatic carbocycles. The number of aromatic nitrogens is 4. The van der Waals surface area contributed by atoms with Crippen LogP contribution in [0, 0.1) is 0 Å². The van der Waals surface area contributed by atoms with Gasteiger partial charge in [0.05, 0.1) is 0 Å². The molecular formula is C62H42LiN4O+. The largest absolute Gasteiger partial charge is 1.00 e. The predicted molar refractivity (Wildman–Crippen MR) is 273 cm³/mol. The van der Waals surface area contributed by atoms with Gasteiger partial charge < -0.3 is 5.11 Å². The molecule has 0 saturated heterocycles. The molecule has 0 radical (unpaired) electrons. The minimum absolute atomic E-state index is 0. The van der Waals surface area contributed by atoms with Gasteiger partial charge in [0.2, 0.25) is 5.52 Å². The first kappa shape index (κ1) is 43.4. The number of pyridine rings is 1. The standard InChI is InChI=1S/C53H35N3.C9H7NO.Li/c1-3-15-36(16-4-1)38-20-11-22-40(31-38)41-23-13-26-45(33-41)52-54-51(44-25-12-21-39(32-44)37-17-5-2-6-18-37)55-53(56-52)46-27-14-24-42(34-46)50-35-43-19-7-8-28-47(43)48-29-9-10-30-49(48)50;11-8-5-1-3-7-4-2-6-10-9(7)8;/h1-35H;1-6,11H;/q;;+1. The number of aromatic amines is 1. The molecule has 1 N–H and O–H groups in total. The number of benzene rings is 10. The Bertz CT molecular complexity index is 3720. The maximum atomic E-state index is 11.1. The number of rotatable bonds is 7. The molecule has 12 rings (SSSR count). The van der Waals surface area contributed by atoms with E-state index < -0.39 is 0 Å². The number of para-hydroxylation sites is 1. The molecule has 12 aromatic rings. The zero-order valence-electron chi connectivity index (χ0n) is 37.4. The fourth-order valence-corrected chi connectivity index (χ4v) is 8.82. The van der Waals surface area contributed by atoms with Gasteiger partial charge in [0, 0.05) is 28.1 Å². The summed E-state index contributed by atoms with van der Waals surface area (Å²) < 4.78 is 0. The molecule has 316 valence electrons. The molecule has 0 aliphatic heterocycles. The molecule has 0 saturated carbocycles. The van der Waals surface area contributed by atoms with Gasteiger partial charge in [-0.05, 0) is 114 Å². The number of fused-ring (bicyclic) bond motifs is 4. The molecule has 2 aromatic heterocycles. The quantitative estimate of drug-likeness (QED) is 0.118. The van der Waals surface area contributed by atoms with Gasteiger partial charge in [-0.15, -0.1) is 0 Å². The normalized spacial score (nSPS) is 10.9. The van der Waals surface area contributed by atoms with Crippen LogP contribution in [0.3, 0.4) is 0 Å². The van der Waals surface area contributed by atoms with Crippen LogP contribution in [0.2, 0.25) is 0 Å². The van der Waals surface area contributed by atoms with Crippen LogP contribution in [0.15, 0.2) is 249 Å². The van der Waals surface area contributed by atoms with E-state index in [2.05, 4.69) is 205 Å². The van der Waals surface area contributed by atoms with Crippen molar-refractivity contribution in [1.29, 1.82) is 0 Å². The summed E-state index contributed by atoms with van der Waals surface area (Å²) in [5.41, 5.74) is 12.6. The third kappa shape index (κ3) is 9.05. The van der Waals surface area contributed by atoms with Crippen molar-refractivity contribution in [2.75, 3.05) is 0 Å². The Hall–Kier alpha value is -8.46. The van der Waals surface area contributed by atoms with E-state index in [9.17, 15) is 5.11 Å². The van der Waals surface area contributed by atoms with Crippen molar-refractivity contribution < 1.29 is 29.0 Å². The van der Waals surface area contributed by atoms with Crippen molar-refractivity contribution in [3.8, 4) is 84.4 Å². The van der Waals surface area contributed by atoms with Crippen molar-refractivity contribution >= 4 is 32.4 Å². The monoisotopic (exact) mass is 865 g/mol. The molecule has 6 heteroatoms. The van der Waals surface area contributed by atoms with Gasteiger partial charge in [0.15, 0.2) is 23.7 Å². The topological polar surface area (TPSA) is 75.9 Å². The minimum atomic E-state index is 0. The molecule has 0 spiro atoms. The summed E-state index contributed by atoms with van der Waals surface area (Å²) in [7, 11) is 0. The Morgan fingerprint density at radius 1 is 0.294 bits per heavy atom. The zero-order chi connectivity index (χ0) is 44.9. The first-order valence-electron chi connectivity index (χ1n) is 22.4. The summed E-state index contributed by atoms with van der Waals surface area (Å²) in [5, 5.41) is 17.0. The van der Waals surface area contributed by atoms with Crippen LogP contribution in [0.25, 0.3) is 111 Å². The summed E-state index contributed by atoms with van der Waals surface area (Å²) >= 11 is 0. The van der Waals surface area contributed by atoms with Crippen molar-refractivity contribution in [1.82, 2.24) is 15.0 Å². The summed E-state index contributed by atoms with van der Waals surface area (Å²) in [4.78, 5) is 18.5. The first-order chi connectivity index (χ1) is 33.1. The van der Waals surface area contributed by atoms with E-state index >= 15 is 0 Å². The van der Waals surface area contributed by atoms with E-state index in [1.807, 2.05) is 30.3 Å². The number of H-pyrrole nitrogens is 1. The molecule has 0 aliphatic rings. The van der Waals surface area contributed by atoms with Gasteiger partial charge >= 0.3 is 18.9 Å². The van der Waals surface area contributed by atoms with E-state index in [4.69, 9.17) is 15.0 Å². The molecule has 68 heavy (non-hydrogen) atoms. The van der Waals surface area contributed by atoms with Gasteiger partial charge in [0.25, 0.3) is 0 Å². The van der Waals surface area contributed by atoms with Crippen LogP contribution >= 0.6 is 0 Å². The average molecular weight is 866 g/mol. The number of hydrogen-bond donors (Lipinski definition) is 0. The van der Waals surface area contributed by atoms with E-state index in [1.165, 1.54) is 38.2 Å². The smallest absolute Gasteiger partial charge is 0.868 e. The molecule has 0 bridgehead atoms. The van der Waals surface area contributed by atoms with Crippen LogP contribution in [0.4, 0.5) is 0 Å². The number of nitrogens with one attached hydrogen (secondary N) is 1. The third-order valence-electron chi connectivity index (χ3n) is 12.1. The Morgan fingerprint density at radius 2 is 0.676 bits per heavy atom. The molecule has 10 aromatic carbocycles. The van der Waals surface area contributed by atoms with Gasteiger partial charge in [0.1, 0.15) is 0 Å². The van der Waals surface area contributed by atoms with Crippen LogP contribution in [0.1, 0.15) is 0 Å². The van der Waals surface area contributed by atoms with Crippen LogP contribution < -0.4 is 29.0 Å². The Morgan fingerprint density at radius 3 is 1.24 bits per heavy atom. The molecule has 0 amide bonds. The second kappa shape index (κ2) is 19.6. The van der Waals surface area contributed by atoms with Crippen molar-refractivity contribution in [2.45, 2.75) is 0 Å². The van der Waals surface area contributed by atoms with Crippen molar-refractivity contribution in [3.05, 3.63) is 249 Å². The fourth-order valence-electron chi connectivity index (χ4n) is 8.82. The summed E-state index contributed by atoms with van der Waals surface area (Å²) in [6.07, 6.45) is 1.75. The summed E-state index contributed by atoms with van der Waals surface area (Å²) in [6.45, 7) is 0. The SMILES string of the molecule is [Li+].[O-]c1cccc2ccc[nH+]c12.c1ccc(-c2cccc(-c3cccc(-c4nc(-c5cccc(-c6ccccc6)c5)nc(-c5cccc(-c6cc7ccccc7c7ccccc67)c5)n4)c3)c2)cc1. The molecule has 2 heterocycles. The number of nitrogens with zero attached hydrogens (tertiary/aromatic N) is 3. The number of hydrogen-bond acceptors (Lipinski definition) is 4. The molecule has 0 atom stereocenters. The zero-order valence-corrected chi connectivity index (χ0v) is 37.4. The second-order valence-corrected chi connectivity index (χ2v) is 16.4. The van der Waals surface area contributed by atoms with Crippen LogP contribution in [-0.4, -0.2) is 15.0 Å². The summed E-state index contributed by atoms with van der Waals surface area (Å²) in [5.74, 6) is 1.92. The van der Waals surface area contributed by atoms with Gasteiger partial charge in [-0.2, -0.15) is 0 Å². The van der Waals surface area contributed by atoms with Crippen LogP contribution in [-0.2, 0) is 0 Å². The summed E-state index contributed by atoms with van der Waals surface area (Å²) in [6, 6.07) is 83.8. The van der Waals surface area contributed by atoms with Gasteiger partial charge in [-0.25, -0.2) is 19.9 Å². The first-order valence-corrected chi connectivity index (χ1v) is 22.4. The van der Waals surface area contributed by atoms with E-state index in [1.54, 1.807) is 18.3 Å². The van der Waals surface area contributed by atoms with E-state index in [0.29, 0.717) is 23.0 Å². The van der Waals surface area contributed by atoms with Gasteiger partial charge in [-0.3, -0.25) is 0 Å². The van der Waals surface area contributed by atoms with E-state index in [0.717, 1.165) is 49.9 Å². The van der Waals surface area contributed by atoms with Crippen LogP contribution in [0.5, 0.6) is 5.75 Å². The Kier molecular flexibility index (Phi) is 12.5.